The molecule has 0 radical (unpaired) electrons. The van der Waals surface area contributed by atoms with Gasteiger partial charge in [-0.1, -0.05) is 29.8 Å². The first-order valence-corrected chi connectivity index (χ1v) is 10.5. The fourth-order valence-electron chi connectivity index (χ4n) is 3.93. The normalized spacial score (nSPS) is 14.0. The Labute approximate surface area is 193 Å². The van der Waals surface area contributed by atoms with Gasteiger partial charge in [0.25, 0.3) is 5.91 Å². The maximum Gasteiger partial charge on any atom is 0.255 e. The van der Waals surface area contributed by atoms with Crippen molar-refractivity contribution in [2.45, 2.75) is 25.3 Å². The summed E-state index contributed by atoms with van der Waals surface area (Å²) >= 11 is 6.06. The second kappa shape index (κ2) is 10.7. The summed E-state index contributed by atoms with van der Waals surface area (Å²) in [5.74, 6) is 0.888. The standard InChI is InChI=1S/C23H25ClN4O2.ClH/c1-30-21-5-3-2-4-17(21)14-26-23(29)20-15-27-28(19-8-6-18(24)7-9-19)22(20)16-10-12-25-13-11-16;/h2-9,15-16,25H,10-14H2,1H3,(H,26,29);1H. The monoisotopic (exact) mass is 460 g/mol. The predicted molar refractivity (Wildman–Crippen MR) is 125 cm³/mol. The highest BCUT2D eigenvalue weighted by atomic mass is 35.5. The Morgan fingerprint density at radius 3 is 2.61 bits per heavy atom. The molecule has 2 N–H and O–H groups in total. The summed E-state index contributed by atoms with van der Waals surface area (Å²) in [5.41, 5.74) is 3.40. The summed E-state index contributed by atoms with van der Waals surface area (Å²) in [5, 5.41) is 11.7. The van der Waals surface area contributed by atoms with E-state index in [-0.39, 0.29) is 24.2 Å². The van der Waals surface area contributed by atoms with Crippen molar-refractivity contribution in [3.63, 3.8) is 0 Å². The molecule has 0 atom stereocenters. The summed E-state index contributed by atoms with van der Waals surface area (Å²) in [6.07, 6.45) is 3.60. The predicted octanol–water partition coefficient (Wildman–Crippen LogP) is 4.35. The molecular formula is C23H26Cl2N4O2. The maximum absolute atomic E-state index is 13.1. The Hall–Kier alpha value is -2.54. The zero-order chi connectivity index (χ0) is 20.9. The molecule has 2 aromatic carbocycles. The third-order valence-electron chi connectivity index (χ3n) is 5.48. The molecule has 31 heavy (non-hydrogen) atoms. The third-order valence-corrected chi connectivity index (χ3v) is 5.73. The first-order valence-electron chi connectivity index (χ1n) is 10.1. The number of piperidine rings is 1. The van der Waals surface area contributed by atoms with Crippen LogP contribution in [0.3, 0.4) is 0 Å². The van der Waals surface area contributed by atoms with Gasteiger partial charge in [-0.05, 0) is 56.3 Å². The molecule has 1 saturated heterocycles. The lowest BCUT2D eigenvalue weighted by atomic mass is 9.91. The van der Waals surface area contributed by atoms with Crippen LogP contribution in [0.4, 0.5) is 0 Å². The number of halogens is 2. The van der Waals surface area contributed by atoms with Gasteiger partial charge in [0.1, 0.15) is 5.75 Å². The number of nitrogens with zero attached hydrogens (tertiary/aromatic N) is 2. The number of hydrogen-bond acceptors (Lipinski definition) is 4. The molecular weight excluding hydrogens is 435 g/mol. The van der Waals surface area contributed by atoms with Gasteiger partial charge in [-0.25, -0.2) is 4.68 Å². The van der Waals surface area contributed by atoms with Gasteiger partial charge in [0.2, 0.25) is 0 Å². The van der Waals surface area contributed by atoms with Crippen molar-refractivity contribution >= 4 is 29.9 Å². The largest absolute Gasteiger partial charge is 0.496 e. The lowest BCUT2D eigenvalue weighted by molar-refractivity contribution is 0.0949. The quantitative estimate of drug-likeness (QED) is 0.573. The zero-order valence-corrected chi connectivity index (χ0v) is 18.9. The van der Waals surface area contributed by atoms with Crippen molar-refractivity contribution in [2.24, 2.45) is 0 Å². The van der Waals surface area contributed by atoms with Crippen LogP contribution in [0.1, 0.15) is 40.4 Å². The van der Waals surface area contributed by atoms with Crippen molar-refractivity contribution in [2.75, 3.05) is 20.2 Å². The summed E-state index contributed by atoms with van der Waals surface area (Å²) < 4.78 is 7.27. The van der Waals surface area contributed by atoms with E-state index in [9.17, 15) is 4.79 Å². The van der Waals surface area contributed by atoms with Crippen LogP contribution in [0.5, 0.6) is 5.75 Å². The Kier molecular flexibility index (Phi) is 7.96. The van der Waals surface area contributed by atoms with E-state index in [1.54, 1.807) is 13.3 Å². The Balaban J connectivity index is 0.00000272. The van der Waals surface area contributed by atoms with Gasteiger partial charge in [0.15, 0.2) is 0 Å². The number of ether oxygens (including phenoxy) is 1. The van der Waals surface area contributed by atoms with Crippen LogP contribution >= 0.6 is 24.0 Å². The van der Waals surface area contributed by atoms with Gasteiger partial charge in [-0.2, -0.15) is 5.10 Å². The molecule has 1 amide bonds. The average Bonchev–Trinajstić information content (AvgIpc) is 3.24. The van der Waals surface area contributed by atoms with Crippen molar-refractivity contribution in [1.29, 1.82) is 0 Å². The van der Waals surface area contributed by atoms with E-state index in [0.717, 1.165) is 48.6 Å². The number of aromatic nitrogens is 2. The summed E-state index contributed by atoms with van der Waals surface area (Å²) in [6, 6.07) is 15.2. The fraction of sp³-hybridized carbons (Fsp3) is 0.304. The first-order chi connectivity index (χ1) is 14.7. The number of carbonyl (C=O) groups is 1. The molecule has 8 heteroatoms. The minimum absolute atomic E-state index is 0. The van der Waals surface area contributed by atoms with Crippen LogP contribution in [0.2, 0.25) is 5.02 Å². The van der Waals surface area contributed by atoms with E-state index in [1.807, 2.05) is 53.2 Å². The molecule has 0 saturated carbocycles. The minimum atomic E-state index is -0.130. The zero-order valence-electron chi connectivity index (χ0n) is 17.3. The van der Waals surface area contributed by atoms with Gasteiger partial charge < -0.3 is 15.4 Å². The Bertz CT molecular complexity index is 1010. The van der Waals surface area contributed by atoms with Crippen molar-refractivity contribution < 1.29 is 9.53 Å². The lowest BCUT2D eigenvalue weighted by Gasteiger charge is -2.24. The van der Waals surface area contributed by atoms with Crippen LogP contribution in [-0.2, 0) is 6.54 Å². The van der Waals surface area contributed by atoms with Crippen molar-refractivity contribution in [1.82, 2.24) is 20.4 Å². The van der Waals surface area contributed by atoms with E-state index in [4.69, 9.17) is 16.3 Å². The summed E-state index contributed by atoms with van der Waals surface area (Å²) in [7, 11) is 1.63. The number of amides is 1. The molecule has 1 fully saturated rings. The van der Waals surface area contributed by atoms with Gasteiger partial charge >= 0.3 is 0 Å². The first kappa shape index (κ1) is 23.1. The van der Waals surface area contributed by atoms with Gasteiger partial charge in [-0.15, -0.1) is 12.4 Å². The van der Waals surface area contributed by atoms with E-state index < -0.39 is 0 Å². The Morgan fingerprint density at radius 1 is 1.19 bits per heavy atom. The molecule has 3 aromatic rings. The van der Waals surface area contributed by atoms with E-state index in [0.29, 0.717) is 17.1 Å². The maximum atomic E-state index is 13.1. The molecule has 2 heterocycles. The molecule has 0 bridgehead atoms. The lowest BCUT2D eigenvalue weighted by Crippen LogP contribution is -2.30. The number of benzene rings is 2. The highest BCUT2D eigenvalue weighted by Crippen LogP contribution is 2.30. The van der Waals surface area contributed by atoms with Crippen LogP contribution < -0.4 is 15.4 Å². The average molecular weight is 461 g/mol. The van der Waals surface area contributed by atoms with Crippen molar-refractivity contribution in [3.05, 3.63) is 76.6 Å². The summed E-state index contributed by atoms with van der Waals surface area (Å²) in [4.78, 5) is 13.1. The minimum Gasteiger partial charge on any atom is -0.496 e. The molecule has 6 nitrogen and oxygen atoms in total. The molecule has 164 valence electrons. The Morgan fingerprint density at radius 2 is 1.90 bits per heavy atom. The molecule has 0 spiro atoms. The number of carbonyl (C=O) groups excluding carboxylic acids is 1. The number of rotatable bonds is 6. The summed E-state index contributed by atoms with van der Waals surface area (Å²) in [6.45, 7) is 2.25. The van der Waals surface area contributed by atoms with Crippen LogP contribution in [0.15, 0.2) is 54.7 Å². The molecule has 1 aliphatic rings. The molecule has 4 rings (SSSR count). The van der Waals surface area contributed by atoms with Crippen LogP contribution in [0, 0.1) is 0 Å². The highest BCUT2D eigenvalue weighted by Gasteiger charge is 2.27. The van der Waals surface area contributed by atoms with Crippen LogP contribution in [0.25, 0.3) is 5.69 Å². The van der Waals surface area contributed by atoms with Gasteiger partial charge in [0, 0.05) is 23.0 Å². The molecule has 1 aromatic heterocycles. The number of para-hydroxylation sites is 1. The van der Waals surface area contributed by atoms with E-state index in [1.165, 1.54) is 0 Å². The van der Waals surface area contributed by atoms with Crippen molar-refractivity contribution in [3.8, 4) is 11.4 Å². The number of nitrogens with one attached hydrogen (secondary N) is 2. The fourth-order valence-corrected chi connectivity index (χ4v) is 4.05. The molecule has 1 aliphatic heterocycles. The van der Waals surface area contributed by atoms with Gasteiger partial charge in [-0.3, -0.25) is 4.79 Å². The highest BCUT2D eigenvalue weighted by molar-refractivity contribution is 6.30. The number of hydrogen-bond donors (Lipinski definition) is 2. The van der Waals surface area contributed by atoms with Crippen LogP contribution in [-0.4, -0.2) is 35.9 Å². The van der Waals surface area contributed by atoms with E-state index in [2.05, 4.69) is 15.7 Å². The smallest absolute Gasteiger partial charge is 0.255 e. The molecule has 0 unspecified atom stereocenters. The second-order valence-corrected chi connectivity index (χ2v) is 7.79. The SMILES string of the molecule is COc1ccccc1CNC(=O)c1cnn(-c2ccc(Cl)cc2)c1C1CCNCC1.Cl. The molecule has 0 aliphatic carbocycles. The number of methoxy groups -OCH3 is 1. The topological polar surface area (TPSA) is 68.2 Å². The second-order valence-electron chi connectivity index (χ2n) is 7.35. The van der Waals surface area contributed by atoms with E-state index >= 15 is 0 Å². The van der Waals surface area contributed by atoms with Gasteiger partial charge in [0.05, 0.1) is 30.3 Å². The third kappa shape index (κ3) is 5.21.